The number of aromatic amines is 1. The van der Waals surface area contributed by atoms with E-state index in [0.29, 0.717) is 0 Å². The zero-order valence-electron chi connectivity index (χ0n) is 19.9. The summed E-state index contributed by atoms with van der Waals surface area (Å²) in [7, 11) is -4.74. The molecule has 2 fully saturated rings. The number of nitrogens with zero attached hydrogens (tertiary/aromatic N) is 6. The van der Waals surface area contributed by atoms with Gasteiger partial charge in [0, 0.05) is 12.8 Å². The molecule has 3 aromatic heterocycles. The number of hydrogen-bond acceptors (Lipinski definition) is 14. The Hall–Kier alpha value is -3.09. The van der Waals surface area contributed by atoms with E-state index in [4.69, 9.17) is 24.3 Å². The highest BCUT2D eigenvalue weighted by molar-refractivity contribution is 7.47. The van der Waals surface area contributed by atoms with Crippen molar-refractivity contribution in [3.8, 4) is 0 Å². The van der Waals surface area contributed by atoms with Crippen molar-refractivity contribution in [2.75, 3.05) is 18.9 Å². The molecule has 206 valence electrons. The van der Waals surface area contributed by atoms with E-state index in [1.165, 1.54) is 17.2 Å². The molecule has 2 aliphatic heterocycles. The first-order chi connectivity index (χ1) is 18.0. The molecule has 19 heteroatoms. The van der Waals surface area contributed by atoms with Gasteiger partial charge in [0.2, 0.25) is 5.95 Å². The molecule has 0 saturated carbocycles. The number of nitrogens with one attached hydrogen (secondary N) is 1. The predicted octanol–water partition coefficient (Wildman–Crippen LogP) is -1.91. The van der Waals surface area contributed by atoms with Gasteiger partial charge in [0.05, 0.1) is 25.6 Å². The number of aryl methyl sites for hydroxylation is 1. The number of anilines is 1. The lowest BCUT2D eigenvalue weighted by Gasteiger charge is -2.21. The van der Waals surface area contributed by atoms with Crippen LogP contribution in [-0.4, -0.2) is 86.8 Å². The molecule has 5 rings (SSSR count). The average molecular weight is 556 g/mol. The van der Waals surface area contributed by atoms with E-state index in [-0.39, 0.29) is 35.8 Å². The van der Waals surface area contributed by atoms with Crippen LogP contribution in [0.2, 0.25) is 0 Å². The minimum Gasteiger partial charge on any atom is -0.394 e. The van der Waals surface area contributed by atoms with E-state index in [9.17, 15) is 29.3 Å². The molecule has 7 atom stereocenters. The Morgan fingerprint density at radius 1 is 1.16 bits per heavy atom. The summed E-state index contributed by atoms with van der Waals surface area (Å²) in [6, 6.07) is 0. The van der Waals surface area contributed by atoms with Crippen LogP contribution in [0.5, 0.6) is 0 Å². The molecule has 0 amide bonds. The lowest BCUT2D eigenvalue weighted by Crippen LogP contribution is -2.29. The van der Waals surface area contributed by atoms with E-state index < -0.39 is 69.2 Å². The molecule has 0 bridgehead atoms. The maximum Gasteiger partial charge on any atom is 0.472 e. The van der Waals surface area contributed by atoms with E-state index in [1.54, 1.807) is 6.92 Å². The van der Waals surface area contributed by atoms with Crippen LogP contribution in [0.25, 0.3) is 11.2 Å². The van der Waals surface area contributed by atoms with E-state index in [2.05, 4.69) is 24.9 Å². The standard InChI is InChI=1S/C19H25N8O10P/c1-8-21-6-27(19(31)23-8)14-3-10(11(4-28)35-14)37-38(32,33)34-5-12-9(29)2-13(36-12)26-7-22-15-16(26)24-18(20)25-17(15)30/h6-7,9-14,28-29H,2-5H2,1H3,(H,32,33)(H3,20,24,25,30)/t9-,10-,11-,12-,13-,14-/m1/s1. The Labute approximate surface area is 212 Å². The number of hydrogen-bond donors (Lipinski definition) is 5. The van der Waals surface area contributed by atoms with E-state index in [0.717, 1.165) is 4.57 Å². The number of nitrogens with two attached hydrogens (primary N) is 1. The summed E-state index contributed by atoms with van der Waals surface area (Å²) in [5, 5.41) is 20.1. The fraction of sp³-hybridized carbons (Fsp3) is 0.579. The van der Waals surface area contributed by atoms with Crippen LogP contribution in [0.15, 0.2) is 22.2 Å². The van der Waals surface area contributed by atoms with E-state index >= 15 is 0 Å². The Bertz CT molecular complexity index is 1490. The number of nitrogen functional groups attached to an aromatic ring is 1. The third-order valence-electron chi connectivity index (χ3n) is 6.15. The average Bonchev–Trinajstić information content (AvgIpc) is 3.54. The molecular weight excluding hydrogens is 531 g/mol. The molecule has 2 saturated heterocycles. The van der Waals surface area contributed by atoms with Gasteiger partial charge in [-0.15, -0.1) is 0 Å². The van der Waals surface area contributed by atoms with Crippen molar-refractivity contribution in [2.45, 2.75) is 56.6 Å². The minimum absolute atomic E-state index is 0.0280. The molecule has 0 aromatic carbocycles. The summed E-state index contributed by atoms with van der Waals surface area (Å²) < 4.78 is 36.8. The van der Waals surface area contributed by atoms with Gasteiger partial charge < -0.3 is 30.3 Å². The van der Waals surface area contributed by atoms with Gasteiger partial charge in [0.1, 0.15) is 42.9 Å². The van der Waals surface area contributed by atoms with Gasteiger partial charge in [0.15, 0.2) is 11.2 Å². The highest BCUT2D eigenvalue weighted by Gasteiger charge is 2.43. The van der Waals surface area contributed by atoms with Gasteiger partial charge in [0.25, 0.3) is 5.56 Å². The lowest BCUT2D eigenvalue weighted by molar-refractivity contribution is -0.0565. The Balaban J connectivity index is 1.22. The number of imidazole rings is 1. The fourth-order valence-electron chi connectivity index (χ4n) is 4.32. The number of H-pyrrole nitrogens is 1. The number of ether oxygens (including phenoxy) is 2. The molecule has 0 aliphatic carbocycles. The summed E-state index contributed by atoms with van der Waals surface area (Å²) in [5.41, 5.74) is 4.60. The van der Waals surface area contributed by atoms with Crippen LogP contribution < -0.4 is 17.0 Å². The Morgan fingerprint density at radius 2 is 1.87 bits per heavy atom. The summed E-state index contributed by atoms with van der Waals surface area (Å²) >= 11 is 0. The van der Waals surface area contributed by atoms with Crippen molar-refractivity contribution >= 4 is 24.9 Å². The van der Waals surface area contributed by atoms with Crippen molar-refractivity contribution < 1.29 is 38.2 Å². The number of aliphatic hydroxyl groups is 2. The van der Waals surface area contributed by atoms with Gasteiger partial charge in [-0.05, 0) is 6.92 Å². The number of phosphoric ester groups is 1. The van der Waals surface area contributed by atoms with Crippen molar-refractivity contribution in [3.63, 3.8) is 0 Å². The summed E-state index contributed by atoms with van der Waals surface area (Å²) in [5.74, 6) is 0.137. The first-order valence-electron chi connectivity index (χ1n) is 11.4. The van der Waals surface area contributed by atoms with Gasteiger partial charge in [-0.1, -0.05) is 0 Å². The zero-order chi connectivity index (χ0) is 27.2. The van der Waals surface area contributed by atoms with Gasteiger partial charge in [-0.25, -0.2) is 19.3 Å². The molecule has 6 N–H and O–H groups in total. The fourth-order valence-corrected chi connectivity index (χ4v) is 5.28. The van der Waals surface area contributed by atoms with Gasteiger partial charge in [-0.3, -0.25) is 28.0 Å². The Morgan fingerprint density at radius 3 is 2.61 bits per heavy atom. The van der Waals surface area contributed by atoms with Gasteiger partial charge in [-0.2, -0.15) is 9.97 Å². The minimum atomic E-state index is -4.74. The molecular formula is C19H25N8O10P. The molecule has 0 radical (unpaired) electrons. The molecule has 3 aromatic rings. The summed E-state index contributed by atoms with van der Waals surface area (Å²) in [6.45, 7) is 0.455. The van der Waals surface area contributed by atoms with Crippen molar-refractivity contribution in [3.05, 3.63) is 39.3 Å². The molecule has 5 heterocycles. The number of rotatable bonds is 8. The van der Waals surface area contributed by atoms with Crippen LogP contribution in [0, 0.1) is 6.92 Å². The second-order valence-corrected chi connectivity index (χ2v) is 10.2. The third-order valence-corrected chi connectivity index (χ3v) is 7.17. The largest absolute Gasteiger partial charge is 0.472 e. The van der Waals surface area contributed by atoms with Crippen molar-refractivity contribution in [2.24, 2.45) is 0 Å². The normalized spacial score (nSPS) is 29.2. The zero-order valence-corrected chi connectivity index (χ0v) is 20.7. The number of aromatic nitrogens is 7. The van der Waals surface area contributed by atoms with Crippen LogP contribution in [0.4, 0.5) is 5.95 Å². The van der Waals surface area contributed by atoms with Gasteiger partial charge >= 0.3 is 13.5 Å². The topological polar surface area (TPSA) is 252 Å². The quantitative estimate of drug-likeness (QED) is 0.190. The maximum atomic E-state index is 12.7. The summed E-state index contributed by atoms with van der Waals surface area (Å²) in [4.78, 5) is 52.5. The number of fused-ring (bicyclic) bond motifs is 1. The molecule has 0 spiro atoms. The highest BCUT2D eigenvalue weighted by atomic mass is 31.2. The SMILES string of the molecule is Cc1ncn([C@H]2C[C@@H](OP(=O)(O)OC[C@H]3O[C@@H](n4cnc5c(=O)[nH]c(N)nc54)C[C@H]3O)[C@@H](CO)O2)c(=O)n1. The maximum absolute atomic E-state index is 12.7. The number of phosphoric acid groups is 1. The van der Waals surface area contributed by atoms with E-state index in [1.807, 2.05) is 0 Å². The van der Waals surface area contributed by atoms with Crippen molar-refractivity contribution in [1.29, 1.82) is 0 Å². The third kappa shape index (κ3) is 5.25. The molecule has 1 unspecified atom stereocenters. The predicted molar refractivity (Wildman–Crippen MR) is 124 cm³/mol. The Kier molecular flexibility index (Phi) is 7.14. The smallest absolute Gasteiger partial charge is 0.394 e. The second-order valence-electron chi connectivity index (χ2n) is 8.76. The van der Waals surface area contributed by atoms with Crippen molar-refractivity contribution in [1.82, 2.24) is 34.1 Å². The highest BCUT2D eigenvalue weighted by Crippen LogP contribution is 2.49. The lowest BCUT2D eigenvalue weighted by atomic mass is 10.2. The van der Waals surface area contributed by atoms with Crippen LogP contribution in [0.3, 0.4) is 0 Å². The first-order valence-corrected chi connectivity index (χ1v) is 12.9. The summed E-state index contributed by atoms with van der Waals surface area (Å²) in [6.07, 6.45) is -3.53. The second kappa shape index (κ2) is 10.2. The van der Waals surface area contributed by atoms with Crippen LogP contribution in [0.1, 0.15) is 31.1 Å². The monoisotopic (exact) mass is 556 g/mol. The van der Waals surface area contributed by atoms with Crippen LogP contribution >= 0.6 is 7.82 Å². The molecule has 2 aliphatic rings. The number of aliphatic hydroxyl groups excluding tert-OH is 2. The van der Waals surface area contributed by atoms with Crippen LogP contribution in [-0.2, 0) is 23.1 Å². The first kappa shape index (κ1) is 26.5. The molecule has 18 nitrogen and oxygen atoms in total. The molecule has 38 heavy (non-hydrogen) atoms.